The minimum atomic E-state index is -0.596. The van der Waals surface area contributed by atoms with E-state index in [1.807, 2.05) is 66.7 Å². The number of hydrogen-bond donors (Lipinski definition) is 0. The van der Waals surface area contributed by atoms with Gasteiger partial charge >= 0.3 is 0 Å². The van der Waals surface area contributed by atoms with Crippen molar-refractivity contribution in [2.75, 3.05) is 44.2 Å². The van der Waals surface area contributed by atoms with Gasteiger partial charge in [0.2, 0.25) is 5.91 Å². The van der Waals surface area contributed by atoms with Gasteiger partial charge in [-0.3, -0.25) is 9.59 Å². The molecule has 0 radical (unpaired) electrons. The van der Waals surface area contributed by atoms with Crippen LogP contribution in [0, 0.1) is 5.82 Å². The number of aromatic nitrogens is 2. The van der Waals surface area contributed by atoms with E-state index in [-0.39, 0.29) is 18.0 Å². The van der Waals surface area contributed by atoms with Crippen LogP contribution in [0.1, 0.15) is 22.3 Å². The highest BCUT2D eigenvalue weighted by Gasteiger charge is 2.26. The van der Waals surface area contributed by atoms with Crippen LogP contribution in [0.2, 0.25) is 5.02 Å². The van der Waals surface area contributed by atoms with E-state index in [2.05, 4.69) is 15.1 Å². The van der Waals surface area contributed by atoms with Crippen molar-refractivity contribution in [2.45, 2.75) is 12.8 Å². The molecule has 4 aromatic rings. The summed E-state index contributed by atoms with van der Waals surface area (Å²) in [5.41, 5.74) is 2.52. The molecule has 5 rings (SSSR count). The lowest BCUT2D eigenvalue weighted by molar-refractivity contribution is -0.131. The summed E-state index contributed by atoms with van der Waals surface area (Å²) < 4.78 is 14.5. The number of carbonyl (C=O) groups excluding carboxylic acids is 2. The molecule has 1 saturated heterocycles. The molecule has 9 heteroatoms. The molecule has 3 aromatic carbocycles. The Kier molecular flexibility index (Phi) is 9.21. The third-order valence-corrected chi connectivity index (χ3v) is 7.53. The number of carbonyl (C=O) groups is 2. The lowest BCUT2D eigenvalue weighted by Gasteiger charge is -2.27. The first kappa shape index (κ1) is 28.2. The Morgan fingerprint density at radius 1 is 0.829 bits per heavy atom. The maximum atomic E-state index is 14.5. The summed E-state index contributed by atoms with van der Waals surface area (Å²) in [5, 5.41) is 9.42. The SMILES string of the molecule is O=C(CN(CCc1ccccc1)C(=O)c1ccccc1F)N1CCCN(c2ccc(-c3ccccc3Cl)nn2)CC1. The number of amides is 2. The predicted octanol–water partition coefficient (Wildman–Crippen LogP) is 5.36. The second-order valence-corrected chi connectivity index (χ2v) is 10.3. The molecule has 2 heterocycles. The van der Waals surface area contributed by atoms with Crippen molar-refractivity contribution in [3.05, 3.63) is 113 Å². The molecule has 0 spiro atoms. The van der Waals surface area contributed by atoms with Crippen LogP contribution in [0.4, 0.5) is 10.2 Å². The fourth-order valence-corrected chi connectivity index (χ4v) is 5.16. The van der Waals surface area contributed by atoms with Crippen LogP contribution in [-0.2, 0) is 11.2 Å². The molecule has 0 unspecified atom stereocenters. The lowest BCUT2D eigenvalue weighted by Crippen LogP contribution is -2.45. The monoisotopic (exact) mass is 571 g/mol. The van der Waals surface area contributed by atoms with Gasteiger partial charge in [0.15, 0.2) is 5.82 Å². The Hall–Kier alpha value is -4.30. The number of halogens is 2. The fourth-order valence-electron chi connectivity index (χ4n) is 4.93. The molecule has 210 valence electrons. The smallest absolute Gasteiger partial charge is 0.257 e. The number of rotatable bonds is 8. The van der Waals surface area contributed by atoms with Gasteiger partial charge < -0.3 is 14.7 Å². The van der Waals surface area contributed by atoms with Crippen LogP contribution in [-0.4, -0.2) is 71.1 Å². The van der Waals surface area contributed by atoms with E-state index in [0.29, 0.717) is 43.3 Å². The molecular formula is C32H31ClFN5O2. The van der Waals surface area contributed by atoms with Crippen LogP contribution in [0.15, 0.2) is 91.0 Å². The van der Waals surface area contributed by atoms with Crippen LogP contribution in [0.5, 0.6) is 0 Å². The normalized spacial score (nSPS) is 13.5. The Morgan fingerprint density at radius 2 is 1.59 bits per heavy atom. The molecule has 0 atom stereocenters. The Balaban J connectivity index is 1.24. The molecule has 0 aliphatic carbocycles. The van der Waals surface area contributed by atoms with Crippen LogP contribution >= 0.6 is 11.6 Å². The van der Waals surface area contributed by atoms with Gasteiger partial charge in [0.05, 0.1) is 16.3 Å². The first-order valence-corrected chi connectivity index (χ1v) is 14.1. The maximum absolute atomic E-state index is 14.5. The molecule has 2 amide bonds. The van der Waals surface area contributed by atoms with Crippen LogP contribution in [0.25, 0.3) is 11.3 Å². The Morgan fingerprint density at radius 3 is 2.34 bits per heavy atom. The van der Waals surface area contributed by atoms with Gasteiger partial charge in [0.1, 0.15) is 12.4 Å². The van der Waals surface area contributed by atoms with Crippen molar-refractivity contribution in [1.29, 1.82) is 0 Å². The number of hydrogen-bond acceptors (Lipinski definition) is 5. The predicted molar refractivity (Wildman–Crippen MR) is 158 cm³/mol. The summed E-state index contributed by atoms with van der Waals surface area (Å²) >= 11 is 6.30. The van der Waals surface area contributed by atoms with Crippen LogP contribution < -0.4 is 4.90 Å². The highest BCUT2D eigenvalue weighted by Crippen LogP contribution is 2.26. The molecule has 1 aliphatic heterocycles. The van der Waals surface area contributed by atoms with E-state index < -0.39 is 11.7 Å². The summed E-state index contributed by atoms with van der Waals surface area (Å²) in [6, 6.07) is 26.9. The van der Waals surface area contributed by atoms with E-state index in [4.69, 9.17) is 11.6 Å². The van der Waals surface area contributed by atoms with Crippen molar-refractivity contribution in [3.8, 4) is 11.3 Å². The molecule has 0 saturated carbocycles. The molecule has 1 aliphatic rings. The minimum Gasteiger partial charge on any atom is -0.353 e. The average Bonchev–Trinajstić information content (AvgIpc) is 3.27. The van der Waals surface area contributed by atoms with Crippen molar-refractivity contribution in [3.63, 3.8) is 0 Å². The van der Waals surface area contributed by atoms with Gasteiger partial charge in [-0.05, 0) is 48.7 Å². The number of benzene rings is 3. The fraction of sp³-hybridized carbons (Fsp3) is 0.250. The zero-order chi connectivity index (χ0) is 28.6. The standard InChI is InChI=1S/C32H31ClFN5O2/c33-27-13-6-4-11-25(27)29-15-16-30(36-35-29)37-18-8-19-38(22-21-37)31(40)23-39(20-17-24-9-2-1-3-10-24)32(41)26-12-5-7-14-28(26)34/h1-7,9-16H,8,17-23H2. The van der Waals surface area contributed by atoms with E-state index in [9.17, 15) is 14.0 Å². The molecule has 1 fully saturated rings. The molecule has 7 nitrogen and oxygen atoms in total. The highest BCUT2D eigenvalue weighted by atomic mass is 35.5. The molecule has 41 heavy (non-hydrogen) atoms. The zero-order valence-electron chi connectivity index (χ0n) is 22.6. The summed E-state index contributed by atoms with van der Waals surface area (Å²) in [7, 11) is 0. The second kappa shape index (κ2) is 13.4. The summed E-state index contributed by atoms with van der Waals surface area (Å²) in [6.45, 7) is 2.52. The molecule has 0 N–H and O–H groups in total. The van der Waals surface area contributed by atoms with Gasteiger partial charge in [-0.25, -0.2) is 4.39 Å². The number of nitrogens with zero attached hydrogens (tertiary/aromatic N) is 5. The third kappa shape index (κ3) is 7.08. The minimum absolute atomic E-state index is 0.0331. The Bertz CT molecular complexity index is 1490. The quantitative estimate of drug-likeness (QED) is 0.285. The molecular weight excluding hydrogens is 541 g/mol. The van der Waals surface area contributed by atoms with Crippen molar-refractivity contribution >= 4 is 29.2 Å². The van der Waals surface area contributed by atoms with E-state index >= 15 is 0 Å². The van der Waals surface area contributed by atoms with Crippen molar-refractivity contribution < 1.29 is 14.0 Å². The van der Waals surface area contributed by atoms with E-state index in [1.165, 1.54) is 17.0 Å². The van der Waals surface area contributed by atoms with Gasteiger partial charge in [-0.15, -0.1) is 10.2 Å². The van der Waals surface area contributed by atoms with Crippen molar-refractivity contribution in [2.24, 2.45) is 0 Å². The largest absolute Gasteiger partial charge is 0.353 e. The zero-order valence-corrected chi connectivity index (χ0v) is 23.4. The number of anilines is 1. The molecule has 1 aromatic heterocycles. The average molecular weight is 572 g/mol. The molecule has 0 bridgehead atoms. The van der Waals surface area contributed by atoms with E-state index in [1.54, 1.807) is 17.0 Å². The van der Waals surface area contributed by atoms with Gasteiger partial charge in [-0.2, -0.15) is 0 Å². The summed E-state index contributed by atoms with van der Waals surface area (Å²) in [5.74, 6) is -0.515. The lowest BCUT2D eigenvalue weighted by atomic mass is 10.1. The second-order valence-electron chi connectivity index (χ2n) is 9.92. The summed E-state index contributed by atoms with van der Waals surface area (Å²) in [4.78, 5) is 32.1. The third-order valence-electron chi connectivity index (χ3n) is 7.20. The first-order chi connectivity index (χ1) is 20.0. The maximum Gasteiger partial charge on any atom is 0.257 e. The van der Waals surface area contributed by atoms with Crippen molar-refractivity contribution in [1.82, 2.24) is 20.0 Å². The topological polar surface area (TPSA) is 69.6 Å². The highest BCUT2D eigenvalue weighted by molar-refractivity contribution is 6.33. The van der Waals surface area contributed by atoms with Gasteiger partial charge in [0.25, 0.3) is 5.91 Å². The van der Waals surface area contributed by atoms with Gasteiger partial charge in [-0.1, -0.05) is 72.3 Å². The van der Waals surface area contributed by atoms with E-state index in [0.717, 1.165) is 29.9 Å². The van der Waals surface area contributed by atoms with Crippen LogP contribution in [0.3, 0.4) is 0 Å². The van der Waals surface area contributed by atoms with Gasteiger partial charge in [0, 0.05) is 38.3 Å². The first-order valence-electron chi connectivity index (χ1n) is 13.7. The summed E-state index contributed by atoms with van der Waals surface area (Å²) in [6.07, 6.45) is 1.30. The Labute approximate surface area is 244 Å².